The molecule has 0 radical (unpaired) electrons. The second-order valence-corrected chi connectivity index (χ2v) is 4.32. The topological polar surface area (TPSA) is 41.6 Å². The second-order valence-electron chi connectivity index (χ2n) is 4.32. The van der Waals surface area contributed by atoms with Gasteiger partial charge in [0.05, 0.1) is 0 Å². The van der Waals surface area contributed by atoms with Gasteiger partial charge in [0.15, 0.2) is 0 Å². The molecule has 1 aliphatic rings. The molecule has 1 atom stereocenters. The van der Waals surface area contributed by atoms with E-state index in [0.29, 0.717) is 6.04 Å². The highest BCUT2D eigenvalue weighted by Crippen LogP contribution is 2.13. The quantitative estimate of drug-likeness (QED) is 0.694. The van der Waals surface area contributed by atoms with Crippen LogP contribution in [0.3, 0.4) is 0 Å². The summed E-state index contributed by atoms with van der Waals surface area (Å²) in [5.74, 6) is 0.0772. The van der Waals surface area contributed by atoms with E-state index in [0.717, 1.165) is 19.6 Å². The number of nitrogens with one attached hydrogen (secondary N) is 1. The number of piperazine rings is 1. The Balaban J connectivity index is 2.60. The Morgan fingerprint density at radius 2 is 2.21 bits per heavy atom. The Hall–Kier alpha value is -0.610. The minimum absolute atomic E-state index is 0.0772. The van der Waals surface area contributed by atoms with Crippen LogP contribution in [0.1, 0.15) is 20.8 Å². The zero-order valence-corrected chi connectivity index (χ0v) is 9.46. The van der Waals surface area contributed by atoms with Gasteiger partial charge in [-0.2, -0.15) is 0 Å². The highest BCUT2D eigenvalue weighted by molar-refractivity contribution is 5.84. The van der Waals surface area contributed by atoms with E-state index >= 15 is 0 Å². The van der Waals surface area contributed by atoms with Crippen molar-refractivity contribution in [2.75, 3.05) is 26.7 Å². The van der Waals surface area contributed by atoms with E-state index in [1.807, 2.05) is 18.7 Å². The smallest absolute Gasteiger partial charge is 0.254 e. The maximum absolute atomic E-state index is 12.0. The molecule has 0 aliphatic carbocycles. The number of amides is 1. The Morgan fingerprint density at radius 3 is 2.71 bits per heavy atom. The van der Waals surface area contributed by atoms with Crippen molar-refractivity contribution < 1.29 is 9.53 Å². The molecule has 0 aromatic rings. The summed E-state index contributed by atoms with van der Waals surface area (Å²) in [5, 5.41) is 3.30. The first-order valence-corrected chi connectivity index (χ1v) is 5.05. The van der Waals surface area contributed by atoms with Crippen LogP contribution in [0.15, 0.2) is 0 Å². The van der Waals surface area contributed by atoms with Gasteiger partial charge in [-0.1, -0.05) is 0 Å². The van der Waals surface area contributed by atoms with E-state index in [1.165, 1.54) is 0 Å². The fraction of sp³-hybridized carbons (Fsp3) is 0.900. The lowest BCUT2D eigenvalue weighted by Gasteiger charge is -2.36. The van der Waals surface area contributed by atoms with Crippen molar-refractivity contribution in [3.05, 3.63) is 0 Å². The van der Waals surface area contributed by atoms with Crippen molar-refractivity contribution in [3.8, 4) is 0 Å². The fourth-order valence-electron chi connectivity index (χ4n) is 1.58. The summed E-state index contributed by atoms with van der Waals surface area (Å²) in [5.41, 5.74) is -0.697. The lowest BCUT2D eigenvalue weighted by atomic mass is 10.1. The number of rotatable bonds is 2. The minimum Gasteiger partial charge on any atom is -0.369 e. The van der Waals surface area contributed by atoms with Crippen LogP contribution in [0.4, 0.5) is 0 Å². The first-order valence-electron chi connectivity index (χ1n) is 5.05. The predicted octanol–water partition coefficient (Wildman–Crippen LogP) is 0.232. The van der Waals surface area contributed by atoms with Crippen molar-refractivity contribution >= 4 is 5.91 Å². The van der Waals surface area contributed by atoms with Crippen LogP contribution in [-0.4, -0.2) is 49.2 Å². The molecule has 82 valence electrons. The van der Waals surface area contributed by atoms with Gasteiger partial charge in [-0.3, -0.25) is 4.79 Å². The molecule has 1 N–H and O–H groups in total. The Bertz CT molecular complexity index is 216. The van der Waals surface area contributed by atoms with Crippen LogP contribution >= 0.6 is 0 Å². The molecule has 4 heteroatoms. The maximum atomic E-state index is 12.0. The summed E-state index contributed by atoms with van der Waals surface area (Å²) in [4.78, 5) is 13.8. The normalized spacial score (nSPS) is 23.7. The number of ether oxygens (including phenoxy) is 1. The van der Waals surface area contributed by atoms with Gasteiger partial charge in [0, 0.05) is 32.8 Å². The third kappa shape index (κ3) is 2.45. The summed E-state index contributed by atoms with van der Waals surface area (Å²) < 4.78 is 5.18. The monoisotopic (exact) mass is 200 g/mol. The molecule has 1 aliphatic heterocycles. The van der Waals surface area contributed by atoms with Gasteiger partial charge >= 0.3 is 0 Å². The summed E-state index contributed by atoms with van der Waals surface area (Å²) in [6.45, 7) is 8.11. The van der Waals surface area contributed by atoms with Crippen molar-refractivity contribution in [1.82, 2.24) is 10.2 Å². The highest BCUT2D eigenvalue weighted by atomic mass is 16.5. The van der Waals surface area contributed by atoms with E-state index in [2.05, 4.69) is 12.2 Å². The third-order valence-corrected chi connectivity index (χ3v) is 2.68. The number of methoxy groups -OCH3 is 1. The molecule has 4 nitrogen and oxygen atoms in total. The number of carbonyl (C=O) groups excluding carboxylic acids is 1. The minimum atomic E-state index is -0.697. The van der Waals surface area contributed by atoms with Crippen LogP contribution in [0.5, 0.6) is 0 Å². The fourth-order valence-corrected chi connectivity index (χ4v) is 1.58. The molecule has 0 bridgehead atoms. The van der Waals surface area contributed by atoms with Crippen molar-refractivity contribution in [3.63, 3.8) is 0 Å². The Morgan fingerprint density at radius 1 is 1.57 bits per heavy atom. The molecular weight excluding hydrogens is 180 g/mol. The number of nitrogens with zero attached hydrogens (tertiary/aromatic N) is 1. The third-order valence-electron chi connectivity index (χ3n) is 2.68. The second kappa shape index (κ2) is 4.28. The van der Waals surface area contributed by atoms with Gasteiger partial charge in [-0.25, -0.2) is 0 Å². The van der Waals surface area contributed by atoms with Crippen molar-refractivity contribution in [2.24, 2.45) is 0 Å². The maximum Gasteiger partial charge on any atom is 0.254 e. The van der Waals surface area contributed by atoms with Gasteiger partial charge < -0.3 is 15.0 Å². The number of hydrogen-bond acceptors (Lipinski definition) is 3. The van der Waals surface area contributed by atoms with Crippen molar-refractivity contribution in [1.29, 1.82) is 0 Å². The molecule has 0 saturated carbocycles. The molecule has 1 saturated heterocycles. The van der Waals surface area contributed by atoms with Crippen molar-refractivity contribution in [2.45, 2.75) is 32.4 Å². The average molecular weight is 200 g/mol. The number of carbonyl (C=O) groups is 1. The zero-order valence-electron chi connectivity index (χ0n) is 9.46. The molecule has 0 aromatic heterocycles. The average Bonchev–Trinajstić information content (AvgIpc) is 2.16. The van der Waals surface area contributed by atoms with Crippen LogP contribution in [0.2, 0.25) is 0 Å². The molecule has 1 fully saturated rings. The first-order chi connectivity index (χ1) is 6.47. The number of hydrogen-bond donors (Lipinski definition) is 1. The van der Waals surface area contributed by atoms with Crippen LogP contribution in [0, 0.1) is 0 Å². The van der Waals surface area contributed by atoms with E-state index in [9.17, 15) is 4.79 Å². The molecule has 0 aromatic carbocycles. The van der Waals surface area contributed by atoms with Crippen LogP contribution in [0.25, 0.3) is 0 Å². The van der Waals surface area contributed by atoms with Gasteiger partial charge in [0.1, 0.15) is 5.60 Å². The van der Waals surface area contributed by atoms with Crippen LogP contribution < -0.4 is 5.32 Å². The SMILES string of the molecule is COC(C)(C)C(=O)N1CCNC(C)C1. The van der Waals surface area contributed by atoms with Gasteiger partial charge in [-0.05, 0) is 20.8 Å². The first kappa shape index (κ1) is 11.5. The van der Waals surface area contributed by atoms with Gasteiger partial charge in [-0.15, -0.1) is 0 Å². The van der Waals surface area contributed by atoms with E-state index < -0.39 is 5.60 Å². The lowest BCUT2D eigenvalue weighted by molar-refractivity contribution is -0.152. The molecule has 1 unspecified atom stereocenters. The summed E-state index contributed by atoms with van der Waals surface area (Å²) in [6, 6.07) is 0.375. The van der Waals surface area contributed by atoms with E-state index in [4.69, 9.17) is 4.74 Å². The van der Waals surface area contributed by atoms with Crippen LogP contribution in [-0.2, 0) is 9.53 Å². The standard InChI is InChI=1S/C10H20N2O2/c1-8-7-12(6-5-11-8)9(13)10(2,3)14-4/h8,11H,5-7H2,1-4H3. The molecular formula is C10H20N2O2. The predicted molar refractivity (Wildman–Crippen MR) is 55.1 cm³/mol. The highest BCUT2D eigenvalue weighted by Gasteiger charge is 2.33. The summed E-state index contributed by atoms with van der Waals surface area (Å²) in [6.07, 6.45) is 0. The summed E-state index contributed by atoms with van der Waals surface area (Å²) in [7, 11) is 1.57. The molecule has 0 spiro atoms. The Kier molecular flexibility index (Phi) is 3.50. The largest absolute Gasteiger partial charge is 0.369 e. The zero-order chi connectivity index (χ0) is 10.8. The molecule has 14 heavy (non-hydrogen) atoms. The molecule has 1 rings (SSSR count). The molecule has 1 heterocycles. The van der Waals surface area contributed by atoms with Gasteiger partial charge in [0.25, 0.3) is 5.91 Å². The lowest BCUT2D eigenvalue weighted by Crippen LogP contribution is -2.56. The van der Waals surface area contributed by atoms with Gasteiger partial charge in [0.2, 0.25) is 0 Å². The van der Waals surface area contributed by atoms with E-state index in [1.54, 1.807) is 7.11 Å². The van der Waals surface area contributed by atoms with E-state index in [-0.39, 0.29) is 5.91 Å². The summed E-state index contributed by atoms with van der Waals surface area (Å²) >= 11 is 0. The molecule has 1 amide bonds. The Labute approximate surface area is 85.6 Å².